The average molecular weight is 233 g/mol. The minimum Gasteiger partial charge on any atom is -0.504 e. The maximum absolute atomic E-state index is 10.5. The summed E-state index contributed by atoms with van der Waals surface area (Å²) < 4.78 is -0.0185. The van der Waals surface area contributed by atoms with E-state index < -0.39 is 11.7 Å². The van der Waals surface area contributed by atoms with Gasteiger partial charge in [0.25, 0.3) is 0 Å². The monoisotopic (exact) mass is 232 g/mol. The summed E-state index contributed by atoms with van der Waals surface area (Å²) in [6, 6.07) is 2.31. The Bertz CT molecular complexity index is 334. The molecule has 12 heavy (non-hydrogen) atoms. The molecule has 3 N–H and O–H groups in total. The van der Waals surface area contributed by atoms with E-state index in [9.17, 15) is 4.79 Å². The van der Waals surface area contributed by atoms with Crippen LogP contribution in [-0.4, -0.2) is 21.3 Å². The first kappa shape index (κ1) is 8.86. The molecule has 0 bridgehead atoms. The largest absolute Gasteiger partial charge is 0.504 e. The average Bonchev–Trinajstić information content (AvgIpc) is 2.00. The van der Waals surface area contributed by atoms with Crippen molar-refractivity contribution in [3.63, 3.8) is 0 Å². The summed E-state index contributed by atoms with van der Waals surface area (Å²) in [4.78, 5) is 10.5. The lowest BCUT2D eigenvalue weighted by molar-refractivity contribution is 0.0695. The van der Waals surface area contributed by atoms with Crippen molar-refractivity contribution in [1.82, 2.24) is 0 Å². The van der Waals surface area contributed by atoms with E-state index in [0.717, 1.165) is 6.07 Å². The zero-order valence-corrected chi connectivity index (χ0v) is 7.37. The first-order chi connectivity index (χ1) is 5.54. The summed E-state index contributed by atoms with van der Waals surface area (Å²) in [7, 11) is 0. The molecule has 0 saturated carbocycles. The number of aromatic hydroxyl groups is 2. The molecule has 0 heterocycles. The molecule has 0 aromatic heterocycles. The van der Waals surface area contributed by atoms with Gasteiger partial charge in [-0.25, -0.2) is 4.79 Å². The van der Waals surface area contributed by atoms with Crippen molar-refractivity contribution in [1.29, 1.82) is 0 Å². The highest BCUT2D eigenvalue weighted by atomic mass is 79.9. The Morgan fingerprint density at radius 3 is 2.42 bits per heavy atom. The highest BCUT2D eigenvalue weighted by molar-refractivity contribution is 9.10. The van der Waals surface area contributed by atoms with E-state index in [-0.39, 0.29) is 15.8 Å². The van der Waals surface area contributed by atoms with Crippen LogP contribution in [0.5, 0.6) is 11.5 Å². The van der Waals surface area contributed by atoms with Crippen LogP contribution in [-0.2, 0) is 0 Å². The van der Waals surface area contributed by atoms with Gasteiger partial charge in [0.1, 0.15) is 0 Å². The number of phenolic OH excluding ortho intramolecular Hbond substituents is 2. The van der Waals surface area contributed by atoms with Gasteiger partial charge in [0.05, 0.1) is 10.0 Å². The second-order valence-corrected chi connectivity index (χ2v) is 2.89. The van der Waals surface area contributed by atoms with E-state index >= 15 is 0 Å². The number of phenols is 2. The number of carbonyl (C=O) groups is 1. The van der Waals surface area contributed by atoms with Gasteiger partial charge in [0.15, 0.2) is 11.5 Å². The van der Waals surface area contributed by atoms with Gasteiger partial charge < -0.3 is 15.3 Å². The van der Waals surface area contributed by atoms with E-state index in [1.165, 1.54) is 6.07 Å². The first-order valence-electron chi connectivity index (χ1n) is 2.97. The zero-order chi connectivity index (χ0) is 9.30. The van der Waals surface area contributed by atoms with Crippen LogP contribution in [0.15, 0.2) is 16.6 Å². The molecule has 0 unspecified atom stereocenters. The molecule has 0 fully saturated rings. The highest BCUT2D eigenvalue weighted by Crippen LogP contribution is 2.35. The molecular formula is C7H5BrO4. The fourth-order valence-electron chi connectivity index (χ4n) is 0.720. The zero-order valence-electron chi connectivity index (χ0n) is 5.78. The molecule has 4 nitrogen and oxygen atoms in total. The van der Waals surface area contributed by atoms with Gasteiger partial charge in [-0.05, 0) is 28.1 Å². The number of carboxylic acid groups (broad SMARTS) is 1. The highest BCUT2D eigenvalue weighted by Gasteiger charge is 2.14. The fraction of sp³-hybridized carbons (Fsp3) is 0. The molecule has 0 saturated heterocycles. The molecule has 0 amide bonds. The van der Waals surface area contributed by atoms with E-state index in [0.29, 0.717) is 0 Å². The van der Waals surface area contributed by atoms with Crippen molar-refractivity contribution in [2.45, 2.75) is 0 Å². The number of rotatable bonds is 1. The molecule has 1 aromatic carbocycles. The predicted octanol–water partition coefficient (Wildman–Crippen LogP) is 1.56. The van der Waals surface area contributed by atoms with Gasteiger partial charge in [-0.1, -0.05) is 0 Å². The molecular weight excluding hydrogens is 228 g/mol. The maximum atomic E-state index is 10.5. The summed E-state index contributed by atoms with van der Waals surface area (Å²) in [6.45, 7) is 0. The molecule has 64 valence electrons. The van der Waals surface area contributed by atoms with Crippen molar-refractivity contribution >= 4 is 21.9 Å². The number of halogens is 1. The Morgan fingerprint density at radius 2 is 1.92 bits per heavy atom. The van der Waals surface area contributed by atoms with Crippen molar-refractivity contribution < 1.29 is 20.1 Å². The molecule has 0 atom stereocenters. The Balaban J connectivity index is 3.36. The molecule has 1 aromatic rings. The van der Waals surface area contributed by atoms with Crippen molar-refractivity contribution in [2.75, 3.05) is 0 Å². The van der Waals surface area contributed by atoms with Crippen molar-refractivity contribution in [2.24, 2.45) is 0 Å². The Kier molecular flexibility index (Phi) is 2.23. The van der Waals surface area contributed by atoms with Crippen LogP contribution in [0.3, 0.4) is 0 Å². The quantitative estimate of drug-likeness (QED) is 0.643. The number of benzene rings is 1. The number of hydrogen-bond donors (Lipinski definition) is 3. The Labute approximate surface area is 76.2 Å². The summed E-state index contributed by atoms with van der Waals surface area (Å²) >= 11 is 2.84. The molecule has 0 radical (unpaired) electrons. The number of hydrogen-bond acceptors (Lipinski definition) is 3. The molecule has 0 aliphatic heterocycles. The van der Waals surface area contributed by atoms with E-state index in [1.807, 2.05) is 0 Å². The van der Waals surface area contributed by atoms with Crippen molar-refractivity contribution in [3.05, 3.63) is 22.2 Å². The Hall–Kier alpha value is -1.23. The minimum atomic E-state index is -1.17. The maximum Gasteiger partial charge on any atom is 0.336 e. The van der Waals surface area contributed by atoms with Gasteiger partial charge in [-0.3, -0.25) is 0 Å². The van der Waals surface area contributed by atoms with Gasteiger partial charge in [-0.2, -0.15) is 0 Å². The van der Waals surface area contributed by atoms with Crippen LogP contribution in [0.4, 0.5) is 0 Å². The summed E-state index contributed by atoms with van der Waals surface area (Å²) in [5, 5.41) is 26.6. The molecule has 1 rings (SSSR count). The third-order valence-corrected chi connectivity index (χ3v) is 2.13. The lowest BCUT2D eigenvalue weighted by Gasteiger charge is -2.02. The Morgan fingerprint density at radius 1 is 1.33 bits per heavy atom. The van der Waals surface area contributed by atoms with E-state index in [4.69, 9.17) is 15.3 Å². The minimum absolute atomic E-state index is 0.0185. The predicted molar refractivity (Wildman–Crippen MR) is 44.4 cm³/mol. The van der Waals surface area contributed by atoms with Crippen LogP contribution in [0.1, 0.15) is 10.4 Å². The molecule has 5 heteroatoms. The smallest absolute Gasteiger partial charge is 0.336 e. The third kappa shape index (κ3) is 1.35. The summed E-state index contributed by atoms with van der Waals surface area (Å²) in [5.41, 5.74) is -0.0923. The molecule has 0 spiro atoms. The van der Waals surface area contributed by atoms with E-state index in [1.54, 1.807) is 0 Å². The summed E-state index contributed by atoms with van der Waals surface area (Å²) in [6.07, 6.45) is 0. The fourth-order valence-corrected chi connectivity index (χ4v) is 1.22. The lowest BCUT2D eigenvalue weighted by atomic mass is 10.2. The van der Waals surface area contributed by atoms with Gasteiger partial charge in [-0.15, -0.1) is 0 Å². The topological polar surface area (TPSA) is 77.8 Å². The third-order valence-electron chi connectivity index (χ3n) is 1.33. The molecule has 0 aliphatic carbocycles. The van der Waals surface area contributed by atoms with Gasteiger partial charge >= 0.3 is 5.97 Å². The SMILES string of the molecule is O=C(O)c1ccc(O)c(O)c1Br. The number of aromatic carboxylic acids is 1. The van der Waals surface area contributed by atoms with Gasteiger partial charge in [0, 0.05) is 0 Å². The second-order valence-electron chi connectivity index (χ2n) is 2.10. The second kappa shape index (κ2) is 3.02. The van der Waals surface area contributed by atoms with Crippen molar-refractivity contribution in [3.8, 4) is 11.5 Å². The van der Waals surface area contributed by atoms with Crippen LogP contribution >= 0.6 is 15.9 Å². The van der Waals surface area contributed by atoms with Gasteiger partial charge in [0.2, 0.25) is 0 Å². The van der Waals surface area contributed by atoms with Crippen LogP contribution in [0.2, 0.25) is 0 Å². The number of carboxylic acids is 1. The van der Waals surface area contributed by atoms with Crippen LogP contribution in [0.25, 0.3) is 0 Å². The van der Waals surface area contributed by atoms with E-state index in [2.05, 4.69) is 15.9 Å². The standard InChI is InChI=1S/C7H5BrO4/c8-5-3(7(11)12)1-2-4(9)6(5)10/h1-2,9-10H,(H,11,12). The molecule has 0 aliphatic rings. The van der Waals surface area contributed by atoms with Crippen LogP contribution in [0, 0.1) is 0 Å². The normalized spacial score (nSPS) is 9.75. The summed E-state index contributed by atoms with van der Waals surface area (Å²) in [5.74, 6) is -1.99. The van der Waals surface area contributed by atoms with Crippen LogP contribution < -0.4 is 0 Å². The lowest BCUT2D eigenvalue weighted by Crippen LogP contribution is -1.96. The first-order valence-corrected chi connectivity index (χ1v) is 3.77.